The lowest BCUT2D eigenvalue weighted by molar-refractivity contribution is 0.571. The molecule has 2 rings (SSSR count). The summed E-state index contributed by atoms with van der Waals surface area (Å²) in [6, 6.07) is 9.15. The van der Waals surface area contributed by atoms with Crippen LogP contribution in [0.5, 0.6) is 0 Å². The molecule has 0 bridgehead atoms. The summed E-state index contributed by atoms with van der Waals surface area (Å²) in [4.78, 5) is 0. The number of benzene rings is 2. The summed E-state index contributed by atoms with van der Waals surface area (Å²) in [6.45, 7) is 2.00. The molecule has 2 N–H and O–H groups in total. The number of nitrogens with two attached hydrogens (primary N) is 1. The lowest BCUT2D eigenvalue weighted by atomic mass is 9.93. The maximum Gasteiger partial charge on any atom is 0.137 e. The van der Waals surface area contributed by atoms with Crippen LogP contribution in [0.1, 0.15) is 29.7 Å². The Morgan fingerprint density at radius 3 is 2.47 bits per heavy atom. The molecule has 2 aromatic rings. The van der Waals surface area contributed by atoms with Crippen LogP contribution in [-0.4, -0.2) is 0 Å². The second-order valence-electron chi connectivity index (χ2n) is 4.32. The maximum atomic E-state index is 13.9. The van der Waals surface area contributed by atoms with Gasteiger partial charge in [0.1, 0.15) is 11.6 Å². The van der Waals surface area contributed by atoms with E-state index in [0.717, 1.165) is 29.7 Å². The second kappa shape index (κ2) is 5.80. The first kappa shape index (κ1) is 14.2. The van der Waals surface area contributed by atoms with Crippen molar-refractivity contribution in [3.05, 3.63) is 69.2 Å². The minimum absolute atomic E-state index is 0.102. The highest BCUT2D eigenvalue weighted by molar-refractivity contribution is 9.10. The molecule has 0 aromatic heterocycles. The van der Waals surface area contributed by atoms with Gasteiger partial charge in [0.05, 0.1) is 10.5 Å². The number of halogens is 3. The number of hydrogen-bond donors (Lipinski definition) is 1. The van der Waals surface area contributed by atoms with Crippen molar-refractivity contribution in [1.82, 2.24) is 0 Å². The molecule has 1 unspecified atom stereocenters. The van der Waals surface area contributed by atoms with Gasteiger partial charge in [-0.25, -0.2) is 8.78 Å². The lowest BCUT2D eigenvalue weighted by Gasteiger charge is -2.17. The van der Waals surface area contributed by atoms with Crippen LogP contribution in [0.4, 0.5) is 8.78 Å². The van der Waals surface area contributed by atoms with Crippen molar-refractivity contribution < 1.29 is 8.78 Å². The highest BCUT2D eigenvalue weighted by Gasteiger charge is 2.18. The first-order valence-electron chi connectivity index (χ1n) is 6.02. The molecule has 4 heteroatoms. The minimum Gasteiger partial charge on any atom is -0.320 e. The van der Waals surface area contributed by atoms with Gasteiger partial charge in [-0.1, -0.05) is 31.2 Å². The van der Waals surface area contributed by atoms with Crippen LogP contribution in [0.25, 0.3) is 0 Å². The Bertz CT molecular complexity index is 599. The number of hydrogen-bond acceptors (Lipinski definition) is 1. The third-order valence-corrected chi connectivity index (χ3v) is 3.75. The van der Waals surface area contributed by atoms with Crippen LogP contribution in [0.3, 0.4) is 0 Å². The average molecular weight is 326 g/mol. The zero-order valence-corrected chi connectivity index (χ0v) is 12.0. The van der Waals surface area contributed by atoms with Crippen molar-refractivity contribution in [2.75, 3.05) is 0 Å². The van der Waals surface area contributed by atoms with E-state index >= 15 is 0 Å². The molecular formula is C15H14BrF2N. The molecule has 0 aliphatic carbocycles. The first-order valence-corrected chi connectivity index (χ1v) is 6.81. The molecule has 19 heavy (non-hydrogen) atoms. The van der Waals surface area contributed by atoms with Gasteiger partial charge in [0.25, 0.3) is 0 Å². The molecule has 1 nitrogen and oxygen atoms in total. The Hall–Kier alpha value is -1.26. The maximum absolute atomic E-state index is 13.9. The highest BCUT2D eigenvalue weighted by atomic mass is 79.9. The molecule has 0 amide bonds. The topological polar surface area (TPSA) is 26.0 Å². The molecule has 1 atom stereocenters. The molecule has 0 radical (unpaired) electrons. The van der Waals surface area contributed by atoms with E-state index < -0.39 is 17.7 Å². The smallest absolute Gasteiger partial charge is 0.137 e. The van der Waals surface area contributed by atoms with Gasteiger partial charge >= 0.3 is 0 Å². The third kappa shape index (κ3) is 2.85. The molecule has 0 fully saturated rings. The van der Waals surface area contributed by atoms with E-state index in [2.05, 4.69) is 15.9 Å². The van der Waals surface area contributed by atoms with Crippen molar-refractivity contribution in [3.63, 3.8) is 0 Å². The van der Waals surface area contributed by atoms with Gasteiger partial charge < -0.3 is 5.73 Å². The van der Waals surface area contributed by atoms with Crippen molar-refractivity contribution in [1.29, 1.82) is 0 Å². The van der Waals surface area contributed by atoms with Crippen molar-refractivity contribution in [2.45, 2.75) is 19.4 Å². The zero-order chi connectivity index (χ0) is 14.0. The molecule has 0 aliphatic heterocycles. The van der Waals surface area contributed by atoms with Crippen LogP contribution in [0.15, 0.2) is 40.9 Å². The van der Waals surface area contributed by atoms with Gasteiger partial charge in [-0.15, -0.1) is 0 Å². The SMILES string of the molecule is CCc1ccccc1C(N)c1cc(F)c(Br)cc1F. The number of aryl methyl sites for hydroxylation is 1. The Morgan fingerprint density at radius 2 is 1.79 bits per heavy atom. The summed E-state index contributed by atoms with van der Waals surface area (Å²) in [5.41, 5.74) is 8.12. The second-order valence-corrected chi connectivity index (χ2v) is 5.17. The monoisotopic (exact) mass is 325 g/mol. The largest absolute Gasteiger partial charge is 0.320 e. The van der Waals surface area contributed by atoms with Crippen LogP contribution < -0.4 is 5.73 Å². The van der Waals surface area contributed by atoms with E-state index in [9.17, 15) is 8.78 Å². The van der Waals surface area contributed by atoms with Gasteiger partial charge in [-0.2, -0.15) is 0 Å². The molecule has 0 saturated carbocycles. The fourth-order valence-corrected chi connectivity index (χ4v) is 2.42. The summed E-state index contributed by atoms with van der Waals surface area (Å²) in [6.07, 6.45) is 0.796. The van der Waals surface area contributed by atoms with E-state index in [1.807, 2.05) is 31.2 Å². The summed E-state index contributed by atoms with van der Waals surface area (Å²) < 4.78 is 27.6. The van der Waals surface area contributed by atoms with Crippen LogP contribution >= 0.6 is 15.9 Å². The quantitative estimate of drug-likeness (QED) is 0.835. The standard InChI is InChI=1S/C15H14BrF2N/c1-2-9-5-3-4-6-10(9)15(19)11-7-14(18)12(16)8-13(11)17/h3-8,15H,2,19H2,1H3. The Morgan fingerprint density at radius 1 is 1.11 bits per heavy atom. The Balaban J connectivity index is 2.50. The van der Waals surface area contributed by atoms with E-state index in [1.54, 1.807) is 0 Å². The lowest BCUT2D eigenvalue weighted by Crippen LogP contribution is -2.16. The van der Waals surface area contributed by atoms with Crippen LogP contribution in [-0.2, 0) is 6.42 Å². The Kier molecular flexibility index (Phi) is 4.32. The van der Waals surface area contributed by atoms with Gasteiger partial charge in [0.2, 0.25) is 0 Å². The summed E-state index contributed by atoms with van der Waals surface area (Å²) >= 11 is 2.96. The fourth-order valence-electron chi connectivity index (χ4n) is 2.10. The van der Waals surface area contributed by atoms with Gasteiger partial charge in [-0.05, 0) is 45.6 Å². The van der Waals surface area contributed by atoms with Crippen LogP contribution in [0.2, 0.25) is 0 Å². The molecule has 100 valence electrons. The summed E-state index contributed by atoms with van der Waals surface area (Å²) in [5.74, 6) is -1.02. The van der Waals surface area contributed by atoms with Crippen molar-refractivity contribution in [2.24, 2.45) is 5.73 Å². The third-order valence-electron chi connectivity index (χ3n) is 3.15. The summed E-state index contributed by atoms with van der Waals surface area (Å²) in [5, 5.41) is 0. The van der Waals surface area contributed by atoms with E-state index in [-0.39, 0.29) is 10.0 Å². The zero-order valence-electron chi connectivity index (χ0n) is 10.5. The highest BCUT2D eigenvalue weighted by Crippen LogP contribution is 2.28. The molecule has 0 saturated heterocycles. The predicted molar refractivity (Wildman–Crippen MR) is 75.9 cm³/mol. The molecule has 0 spiro atoms. The Labute approximate surface area is 119 Å². The summed E-state index contributed by atoms with van der Waals surface area (Å²) in [7, 11) is 0. The van der Waals surface area contributed by atoms with Gasteiger partial charge in [-0.3, -0.25) is 0 Å². The van der Waals surface area contributed by atoms with Gasteiger partial charge in [0, 0.05) is 5.56 Å². The molecular weight excluding hydrogens is 312 g/mol. The minimum atomic E-state index is -0.668. The predicted octanol–water partition coefficient (Wildman–Crippen LogP) is 4.34. The number of rotatable bonds is 3. The normalized spacial score (nSPS) is 12.5. The van der Waals surface area contributed by atoms with E-state index in [4.69, 9.17) is 5.73 Å². The van der Waals surface area contributed by atoms with E-state index in [0.29, 0.717) is 0 Å². The van der Waals surface area contributed by atoms with E-state index in [1.165, 1.54) is 0 Å². The fraction of sp³-hybridized carbons (Fsp3) is 0.200. The molecule has 0 heterocycles. The van der Waals surface area contributed by atoms with Crippen molar-refractivity contribution >= 4 is 15.9 Å². The molecule has 0 aliphatic rings. The van der Waals surface area contributed by atoms with Gasteiger partial charge in [0.15, 0.2) is 0 Å². The first-order chi connectivity index (χ1) is 9.04. The van der Waals surface area contributed by atoms with Crippen LogP contribution in [0, 0.1) is 11.6 Å². The van der Waals surface area contributed by atoms with Crippen molar-refractivity contribution in [3.8, 4) is 0 Å². The average Bonchev–Trinajstić information content (AvgIpc) is 2.42. The molecule has 2 aromatic carbocycles.